The van der Waals surface area contributed by atoms with E-state index in [4.69, 9.17) is 0 Å². The molecule has 2 N–H and O–H groups in total. The van der Waals surface area contributed by atoms with Crippen LogP contribution in [-0.4, -0.2) is 33.9 Å². The second-order valence-corrected chi connectivity index (χ2v) is 4.65. The van der Waals surface area contributed by atoms with Gasteiger partial charge in [-0.25, -0.2) is 0 Å². The van der Waals surface area contributed by atoms with Gasteiger partial charge in [0.25, 0.3) is 5.91 Å². The van der Waals surface area contributed by atoms with E-state index < -0.39 is 0 Å². The fraction of sp³-hybridized carbons (Fsp3) is 0.125. The monoisotopic (exact) mass is 293 g/mol. The molecule has 0 saturated carbocycles. The lowest BCUT2D eigenvalue weighted by atomic mass is 10.1. The van der Waals surface area contributed by atoms with Gasteiger partial charge in [-0.2, -0.15) is 0 Å². The molecule has 0 unspecified atom stereocenters. The molecule has 0 spiro atoms. The largest absolute Gasteiger partial charge is 0.382 e. The second-order valence-electron chi connectivity index (χ2n) is 4.65. The molecule has 2 heterocycles. The Hall–Kier alpha value is -3.02. The number of amides is 1. The summed E-state index contributed by atoms with van der Waals surface area (Å²) in [6.07, 6.45) is 6.65. The highest BCUT2D eigenvalue weighted by molar-refractivity contribution is 6.04. The normalized spacial score (nSPS) is 10.4. The highest BCUT2D eigenvalue weighted by atomic mass is 16.1. The molecule has 0 aliphatic carbocycles. The van der Waals surface area contributed by atoms with Crippen LogP contribution >= 0.6 is 0 Å². The third-order valence-corrected chi connectivity index (χ3v) is 3.14. The van der Waals surface area contributed by atoms with Crippen LogP contribution in [0.25, 0.3) is 11.0 Å². The fourth-order valence-corrected chi connectivity index (χ4v) is 2.12. The summed E-state index contributed by atoms with van der Waals surface area (Å²) in [5, 5.41) is 6.06. The first-order valence-electron chi connectivity index (χ1n) is 6.96. The van der Waals surface area contributed by atoms with Crippen molar-refractivity contribution in [2.75, 3.05) is 18.4 Å². The minimum Gasteiger partial charge on any atom is -0.382 e. The number of rotatable bonds is 5. The van der Waals surface area contributed by atoms with E-state index in [1.165, 1.54) is 0 Å². The van der Waals surface area contributed by atoms with E-state index in [-0.39, 0.29) is 5.91 Å². The van der Waals surface area contributed by atoms with Crippen molar-refractivity contribution >= 4 is 22.6 Å². The van der Waals surface area contributed by atoms with Crippen LogP contribution in [0.5, 0.6) is 0 Å². The zero-order valence-electron chi connectivity index (χ0n) is 11.9. The third-order valence-electron chi connectivity index (χ3n) is 3.14. The van der Waals surface area contributed by atoms with Crippen LogP contribution in [0.3, 0.4) is 0 Å². The van der Waals surface area contributed by atoms with Crippen LogP contribution in [0.4, 0.5) is 5.69 Å². The van der Waals surface area contributed by atoms with Crippen LogP contribution in [0.15, 0.2) is 55.1 Å². The number of carbonyl (C=O) groups excluding carboxylic acids is 1. The summed E-state index contributed by atoms with van der Waals surface area (Å²) in [4.78, 5) is 24.7. The molecule has 1 amide bonds. The van der Waals surface area contributed by atoms with Crippen LogP contribution in [0, 0.1) is 0 Å². The van der Waals surface area contributed by atoms with Gasteiger partial charge in [-0.3, -0.25) is 19.7 Å². The summed E-state index contributed by atoms with van der Waals surface area (Å²) in [5.74, 6) is -0.154. The average Bonchev–Trinajstić information content (AvgIpc) is 2.59. The maximum absolute atomic E-state index is 12.3. The van der Waals surface area contributed by atoms with Gasteiger partial charge in [-0.05, 0) is 24.3 Å². The number of pyridine rings is 1. The number of nitrogens with one attached hydrogen (secondary N) is 2. The lowest BCUT2D eigenvalue weighted by molar-refractivity contribution is 0.0956. The van der Waals surface area contributed by atoms with Crippen LogP contribution < -0.4 is 10.6 Å². The predicted octanol–water partition coefficient (Wildman–Crippen LogP) is 1.87. The molecule has 3 aromatic rings. The summed E-state index contributed by atoms with van der Waals surface area (Å²) in [6, 6.07) is 9.18. The first kappa shape index (κ1) is 13.9. The molecular formula is C16H15N5O. The van der Waals surface area contributed by atoms with Crippen molar-refractivity contribution in [2.24, 2.45) is 0 Å². The quantitative estimate of drug-likeness (QED) is 0.702. The van der Waals surface area contributed by atoms with E-state index in [1.54, 1.807) is 36.9 Å². The van der Waals surface area contributed by atoms with Crippen LogP contribution in [0.2, 0.25) is 0 Å². The molecule has 0 radical (unpaired) electrons. The molecule has 2 aromatic heterocycles. The van der Waals surface area contributed by atoms with Crippen molar-refractivity contribution in [3.63, 3.8) is 0 Å². The number of hydrogen-bond donors (Lipinski definition) is 2. The first-order chi connectivity index (χ1) is 10.8. The van der Waals surface area contributed by atoms with Crippen molar-refractivity contribution in [1.29, 1.82) is 0 Å². The van der Waals surface area contributed by atoms with Crippen LogP contribution in [-0.2, 0) is 0 Å². The molecule has 0 fully saturated rings. The minimum absolute atomic E-state index is 0.154. The fourth-order valence-electron chi connectivity index (χ4n) is 2.12. The van der Waals surface area contributed by atoms with Crippen molar-refractivity contribution in [2.45, 2.75) is 0 Å². The van der Waals surface area contributed by atoms with Gasteiger partial charge in [0.15, 0.2) is 0 Å². The van der Waals surface area contributed by atoms with Crippen molar-refractivity contribution in [3.8, 4) is 0 Å². The van der Waals surface area contributed by atoms with Crippen molar-refractivity contribution in [3.05, 3.63) is 60.7 Å². The number of aromatic nitrogens is 3. The second kappa shape index (κ2) is 6.62. The van der Waals surface area contributed by atoms with Gasteiger partial charge < -0.3 is 10.6 Å². The Kier molecular flexibility index (Phi) is 4.20. The Morgan fingerprint density at radius 1 is 1.00 bits per heavy atom. The van der Waals surface area contributed by atoms with E-state index in [0.29, 0.717) is 29.7 Å². The Morgan fingerprint density at radius 2 is 1.91 bits per heavy atom. The maximum Gasteiger partial charge on any atom is 0.253 e. The van der Waals surface area contributed by atoms with Gasteiger partial charge in [0.1, 0.15) is 5.52 Å². The Labute approximate surface area is 127 Å². The first-order valence-corrected chi connectivity index (χ1v) is 6.96. The lowest BCUT2D eigenvalue weighted by Gasteiger charge is -2.08. The average molecular weight is 293 g/mol. The molecule has 1 aromatic carbocycles. The molecule has 0 atom stereocenters. The number of nitrogens with zero attached hydrogens (tertiary/aromatic N) is 3. The summed E-state index contributed by atoms with van der Waals surface area (Å²) in [5.41, 5.74) is 2.78. The predicted molar refractivity (Wildman–Crippen MR) is 84.6 cm³/mol. The summed E-state index contributed by atoms with van der Waals surface area (Å²) in [6.45, 7) is 1.12. The van der Waals surface area contributed by atoms with Crippen LogP contribution in [0.1, 0.15) is 10.4 Å². The van der Waals surface area contributed by atoms with Gasteiger partial charge in [-0.1, -0.05) is 6.07 Å². The molecule has 6 heteroatoms. The molecular weight excluding hydrogens is 278 g/mol. The van der Waals surface area contributed by atoms with E-state index in [0.717, 1.165) is 5.69 Å². The summed E-state index contributed by atoms with van der Waals surface area (Å²) < 4.78 is 0. The highest BCUT2D eigenvalue weighted by Gasteiger charge is 2.10. The summed E-state index contributed by atoms with van der Waals surface area (Å²) in [7, 11) is 0. The van der Waals surface area contributed by atoms with Gasteiger partial charge in [-0.15, -0.1) is 0 Å². The van der Waals surface area contributed by atoms with E-state index >= 15 is 0 Å². The highest BCUT2D eigenvalue weighted by Crippen LogP contribution is 2.13. The van der Waals surface area contributed by atoms with E-state index in [1.807, 2.05) is 18.2 Å². The van der Waals surface area contributed by atoms with E-state index in [2.05, 4.69) is 25.6 Å². The maximum atomic E-state index is 12.3. The Balaban J connectivity index is 1.60. The summed E-state index contributed by atoms with van der Waals surface area (Å²) >= 11 is 0. The SMILES string of the molecule is O=C(NCCNc1cccnc1)c1cccc2nccnc12. The molecule has 0 saturated heterocycles. The minimum atomic E-state index is -0.154. The smallest absolute Gasteiger partial charge is 0.253 e. The molecule has 110 valence electrons. The molecule has 6 nitrogen and oxygen atoms in total. The standard InChI is InChI=1S/C16H15N5O/c22-16(21-10-7-18-12-3-2-6-17-11-12)13-4-1-5-14-15(13)20-9-8-19-14/h1-6,8-9,11,18H,7,10H2,(H,21,22). The van der Waals surface area contributed by atoms with Gasteiger partial charge in [0.05, 0.1) is 16.8 Å². The molecule has 0 bridgehead atoms. The number of hydrogen-bond acceptors (Lipinski definition) is 5. The Morgan fingerprint density at radius 3 is 2.77 bits per heavy atom. The number of carbonyl (C=O) groups is 1. The topological polar surface area (TPSA) is 79.8 Å². The lowest BCUT2D eigenvalue weighted by Crippen LogP contribution is -2.29. The number of para-hydroxylation sites is 1. The van der Waals surface area contributed by atoms with Crippen molar-refractivity contribution < 1.29 is 4.79 Å². The number of benzene rings is 1. The van der Waals surface area contributed by atoms with Gasteiger partial charge in [0, 0.05) is 37.9 Å². The molecule has 0 aliphatic rings. The van der Waals surface area contributed by atoms with Crippen molar-refractivity contribution in [1.82, 2.24) is 20.3 Å². The molecule has 22 heavy (non-hydrogen) atoms. The zero-order chi connectivity index (χ0) is 15.2. The molecule has 0 aliphatic heterocycles. The molecule has 3 rings (SSSR count). The number of anilines is 1. The van der Waals surface area contributed by atoms with Gasteiger partial charge in [0.2, 0.25) is 0 Å². The van der Waals surface area contributed by atoms with Gasteiger partial charge >= 0.3 is 0 Å². The third kappa shape index (κ3) is 3.17. The number of fused-ring (bicyclic) bond motifs is 1. The van der Waals surface area contributed by atoms with E-state index in [9.17, 15) is 4.79 Å². The Bertz CT molecular complexity index is 770. The zero-order valence-corrected chi connectivity index (χ0v) is 11.9.